The fraction of sp³-hybridized carbons (Fsp3) is 0.333. The lowest BCUT2D eigenvalue weighted by atomic mass is 9.96. The van der Waals surface area contributed by atoms with Gasteiger partial charge in [0.25, 0.3) is 5.91 Å². The molecule has 2 aromatic carbocycles. The van der Waals surface area contributed by atoms with Gasteiger partial charge in [-0.2, -0.15) is 0 Å². The molecule has 5 nitrogen and oxygen atoms in total. The largest absolute Gasteiger partial charge is 0.466 e. The summed E-state index contributed by atoms with van der Waals surface area (Å²) in [5, 5.41) is 9.97. The van der Waals surface area contributed by atoms with Gasteiger partial charge in [-0.25, -0.2) is 4.98 Å². The first-order chi connectivity index (χ1) is 15.6. The molecule has 1 atom stereocenters. The van der Waals surface area contributed by atoms with Crippen molar-refractivity contribution in [2.24, 2.45) is 5.92 Å². The van der Waals surface area contributed by atoms with Crippen LogP contribution in [0.4, 0.5) is 5.69 Å². The second-order valence-corrected chi connectivity index (χ2v) is 8.77. The van der Waals surface area contributed by atoms with E-state index in [4.69, 9.17) is 9.72 Å². The number of carbonyl (C=O) groups is 1. The molecule has 0 bridgehead atoms. The smallest absolute Gasteiger partial charge is 0.265 e. The molecule has 2 heterocycles. The van der Waals surface area contributed by atoms with Crippen molar-refractivity contribution >= 4 is 11.6 Å². The van der Waals surface area contributed by atoms with E-state index in [1.807, 2.05) is 42.2 Å². The number of anilines is 1. The third kappa shape index (κ3) is 4.26. The number of rotatable bonds is 7. The number of amides is 1. The highest BCUT2D eigenvalue weighted by Gasteiger charge is 2.33. The Morgan fingerprint density at radius 1 is 1.09 bits per heavy atom. The molecule has 1 unspecified atom stereocenters. The summed E-state index contributed by atoms with van der Waals surface area (Å²) in [6.45, 7) is 2.75. The van der Waals surface area contributed by atoms with Crippen LogP contribution in [0.15, 0.2) is 60.7 Å². The first-order valence-corrected chi connectivity index (χ1v) is 11.4. The van der Waals surface area contributed by atoms with Gasteiger partial charge in [0.05, 0.1) is 11.8 Å². The van der Waals surface area contributed by atoms with E-state index in [0.29, 0.717) is 18.2 Å². The number of ether oxygens (including phenoxy) is 1. The van der Waals surface area contributed by atoms with Crippen molar-refractivity contribution < 1.29 is 14.6 Å². The Morgan fingerprint density at radius 2 is 1.84 bits per heavy atom. The van der Waals surface area contributed by atoms with E-state index >= 15 is 0 Å². The lowest BCUT2D eigenvalue weighted by Gasteiger charge is -2.30. The van der Waals surface area contributed by atoms with Crippen LogP contribution in [0.25, 0.3) is 22.4 Å². The molecule has 3 aromatic rings. The van der Waals surface area contributed by atoms with Crippen molar-refractivity contribution in [1.82, 2.24) is 4.98 Å². The Balaban J connectivity index is 1.58. The number of benzene rings is 2. The van der Waals surface area contributed by atoms with Gasteiger partial charge in [-0.3, -0.25) is 4.79 Å². The number of fused-ring (bicyclic) bond motifs is 1. The second kappa shape index (κ2) is 8.75. The maximum Gasteiger partial charge on any atom is 0.265 e. The van der Waals surface area contributed by atoms with E-state index in [1.165, 1.54) is 12.8 Å². The molecule has 1 saturated carbocycles. The summed E-state index contributed by atoms with van der Waals surface area (Å²) in [6.07, 6.45) is 3.40. The van der Waals surface area contributed by atoms with Crippen LogP contribution < -0.4 is 9.64 Å². The van der Waals surface area contributed by atoms with Crippen molar-refractivity contribution in [1.29, 1.82) is 0 Å². The normalized spacial score (nSPS) is 16.4. The number of carbonyl (C=O) groups excluding carboxylic acids is 1. The fourth-order valence-electron chi connectivity index (χ4n) is 4.16. The van der Waals surface area contributed by atoms with Crippen LogP contribution in [0.5, 0.6) is 5.88 Å². The Bertz CT molecular complexity index is 1110. The predicted molar refractivity (Wildman–Crippen MR) is 126 cm³/mol. The van der Waals surface area contributed by atoms with Crippen LogP contribution in [0.3, 0.4) is 0 Å². The summed E-state index contributed by atoms with van der Waals surface area (Å²) in [7, 11) is 0. The molecule has 1 N–H and O–H groups in total. The quantitative estimate of drug-likeness (QED) is 0.584. The molecule has 32 heavy (non-hydrogen) atoms. The summed E-state index contributed by atoms with van der Waals surface area (Å²) in [5.74, 6) is 1.10. The summed E-state index contributed by atoms with van der Waals surface area (Å²) in [6, 6.07) is 20.4. The molecule has 0 spiro atoms. The number of hydrogen-bond acceptors (Lipinski definition) is 4. The molecule has 164 valence electrons. The van der Waals surface area contributed by atoms with E-state index in [9.17, 15) is 9.90 Å². The van der Waals surface area contributed by atoms with E-state index in [0.717, 1.165) is 46.6 Å². The summed E-state index contributed by atoms with van der Waals surface area (Å²) in [5.41, 5.74) is 5.70. The van der Waals surface area contributed by atoms with E-state index in [2.05, 4.69) is 30.3 Å². The highest BCUT2D eigenvalue weighted by Crippen LogP contribution is 2.42. The SMILES string of the molecule is CCC(O)Cc1ccc(-c2nc3c(cc2-c2ccccc2)N(CC2CC2)C(=O)CO3)cc1. The van der Waals surface area contributed by atoms with Gasteiger partial charge >= 0.3 is 0 Å². The molecule has 5 heteroatoms. The van der Waals surface area contributed by atoms with Crippen LogP contribution >= 0.6 is 0 Å². The number of hydrogen-bond donors (Lipinski definition) is 1. The lowest BCUT2D eigenvalue weighted by Crippen LogP contribution is -2.40. The zero-order chi connectivity index (χ0) is 22.1. The molecule has 1 fully saturated rings. The third-order valence-corrected chi connectivity index (χ3v) is 6.29. The topological polar surface area (TPSA) is 62.7 Å². The number of nitrogens with zero attached hydrogens (tertiary/aromatic N) is 2. The van der Waals surface area contributed by atoms with Crippen LogP contribution in [0.2, 0.25) is 0 Å². The molecule has 1 aliphatic carbocycles. The molecule has 0 radical (unpaired) electrons. The number of aliphatic hydroxyl groups is 1. The Hall–Kier alpha value is -3.18. The van der Waals surface area contributed by atoms with Crippen molar-refractivity contribution in [2.75, 3.05) is 18.1 Å². The van der Waals surface area contributed by atoms with Crippen LogP contribution in [-0.4, -0.2) is 35.3 Å². The number of pyridine rings is 1. The Morgan fingerprint density at radius 3 is 2.53 bits per heavy atom. The van der Waals surface area contributed by atoms with E-state index in [-0.39, 0.29) is 18.6 Å². The van der Waals surface area contributed by atoms with E-state index in [1.54, 1.807) is 0 Å². The Kier molecular flexibility index (Phi) is 5.66. The van der Waals surface area contributed by atoms with Gasteiger partial charge in [0.1, 0.15) is 5.69 Å². The van der Waals surface area contributed by atoms with Crippen LogP contribution in [0.1, 0.15) is 31.7 Å². The van der Waals surface area contributed by atoms with E-state index < -0.39 is 0 Å². The molecule has 5 rings (SSSR count). The number of aromatic nitrogens is 1. The Labute approximate surface area is 188 Å². The maximum atomic E-state index is 12.6. The van der Waals surface area contributed by atoms with Crippen molar-refractivity contribution in [3.63, 3.8) is 0 Å². The molecule has 1 aromatic heterocycles. The van der Waals surface area contributed by atoms with Crippen molar-refractivity contribution in [3.05, 3.63) is 66.2 Å². The van der Waals surface area contributed by atoms with Gasteiger partial charge in [-0.15, -0.1) is 0 Å². The minimum atomic E-state index is -0.328. The summed E-state index contributed by atoms with van der Waals surface area (Å²) >= 11 is 0. The van der Waals surface area contributed by atoms with Crippen molar-refractivity contribution in [2.45, 2.75) is 38.7 Å². The van der Waals surface area contributed by atoms with Gasteiger partial charge < -0.3 is 14.7 Å². The molecule has 1 aliphatic heterocycles. The molecule has 2 aliphatic rings. The molecular formula is C27H28N2O3. The van der Waals surface area contributed by atoms with Gasteiger partial charge in [-0.1, -0.05) is 61.5 Å². The van der Waals surface area contributed by atoms with Gasteiger partial charge in [0, 0.05) is 17.7 Å². The highest BCUT2D eigenvalue weighted by atomic mass is 16.5. The van der Waals surface area contributed by atoms with Crippen molar-refractivity contribution in [3.8, 4) is 28.3 Å². The maximum absolute atomic E-state index is 12.6. The summed E-state index contributed by atoms with van der Waals surface area (Å²) < 4.78 is 5.78. The van der Waals surface area contributed by atoms with Crippen LogP contribution in [0, 0.1) is 5.92 Å². The minimum Gasteiger partial charge on any atom is -0.466 e. The molecular weight excluding hydrogens is 400 g/mol. The molecule has 0 saturated heterocycles. The minimum absolute atomic E-state index is 0.00297. The predicted octanol–water partition coefficient (Wildman–Crippen LogP) is 4.86. The monoisotopic (exact) mass is 428 g/mol. The van der Waals surface area contributed by atoms with Crippen LogP contribution in [-0.2, 0) is 11.2 Å². The third-order valence-electron chi connectivity index (χ3n) is 6.29. The first kappa shape index (κ1) is 20.7. The highest BCUT2D eigenvalue weighted by molar-refractivity contribution is 5.99. The fourth-order valence-corrected chi connectivity index (χ4v) is 4.16. The number of aliphatic hydroxyl groups excluding tert-OH is 1. The van der Waals surface area contributed by atoms with Gasteiger partial charge in [-0.05, 0) is 48.8 Å². The lowest BCUT2D eigenvalue weighted by molar-refractivity contribution is -0.121. The summed E-state index contributed by atoms with van der Waals surface area (Å²) in [4.78, 5) is 19.4. The zero-order valence-corrected chi connectivity index (χ0v) is 18.3. The van der Waals surface area contributed by atoms with Gasteiger partial charge in [0.2, 0.25) is 5.88 Å². The standard InChI is InChI=1S/C27H28N2O3/c1-2-22(30)14-18-10-12-21(13-11-18)26-23(20-6-4-3-5-7-20)15-24-27(28-26)32-17-25(31)29(24)16-19-8-9-19/h3-7,10-13,15,19,22,30H,2,8-9,14,16-17H2,1H3. The second-order valence-electron chi connectivity index (χ2n) is 8.77. The van der Waals surface area contributed by atoms with Gasteiger partial charge in [0.15, 0.2) is 6.61 Å². The average Bonchev–Trinajstić information content (AvgIpc) is 3.65. The first-order valence-electron chi connectivity index (χ1n) is 11.4. The zero-order valence-electron chi connectivity index (χ0n) is 18.3. The average molecular weight is 429 g/mol. The molecule has 1 amide bonds.